The van der Waals surface area contributed by atoms with Crippen molar-refractivity contribution in [2.75, 3.05) is 4.90 Å². The van der Waals surface area contributed by atoms with Gasteiger partial charge in [0, 0.05) is 16.8 Å². The van der Waals surface area contributed by atoms with Gasteiger partial charge in [0.2, 0.25) is 0 Å². The number of anilines is 3. The van der Waals surface area contributed by atoms with Gasteiger partial charge < -0.3 is 4.90 Å². The van der Waals surface area contributed by atoms with E-state index in [1.165, 1.54) is 44.5 Å². The molecule has 7 aromatic carbocycles. The largest absolute Gasteiger partial charge is 0.310 e. The van der Waals surface area contributed by atoms with Crippen molar-refractivity contribution in [3.63, 3.8) is 0 Å². The van der Waals surface area contributed by atoms with Crippen molar-refractivity contribution in [2.45, 2.75) is 57.8 Å². The van der Waals surface area contributed by atoms with Gasteiger partial charge in [0.1, 0.15) is 0 Å². The monoisotopic (exact) mass is 699 g/mol. The molecule has 0 radical (unpaired) electrons. The first kappa shape index (κ1) is 33.8. The molecule has 1 aliphatic heterocycles. The van der Waals surface area contributed by atoms with E-state index in [4.69, 9.17) is 0 Å². The Morgan fingerprint density at radius 2 is 0.889 bits per heavy atom. The van der Waals surface area contributed by atoms with Crippen LogP contribution in [0.1, 0.15) is 88.8 Å². The van der Waals surface area contributed by atoms with Crippen molar-refractivity contribution < 1.29 is 4.79 Å². The van der Waals surface area contributed by atoms with E-state index in [0.717, 1.165) is 77.8 Å². The van der Waals surface area contributed by atoms with Crippen LogP contribution in [-0.2, 0) is 18.3 Å². The van der Waals surface area contributed by atoms with Gasteiger partial charge in [0.25, 0.3) is 0 Å². The number of nitrogens with zero attached hydrogens (tertiary/aromatic N) is 1. The van der Waals surface area contributed by atoms with Crippen molar-refractivity contribution >= 4 is 22.8 Å². The molecule has 0 saturated carbocycles. The summed E-state index contributed by atoms with van der Waals surface area (Å²) in [5, 5.41) is 0. The van der Waals surface area contributed by atoms with Crippen LogP contribution < -0.4 is 4.90 Å². The van der Waals surface area contributed by atoms with Gasteiger partial charge in [-0.3, -0.25) is 4.79 Å². The summed E-state index contributed by atoms with van der Waals surface area (Å²) in [7, 11) is 0. The SMILES string of the molecule is CCCCc1ccc2c(c1)C1(c3cc(CCCC)ccc3C2=O)c2ccccc2N(c2cc(-c3ccccc3)cc(-c3ccccc3)c2)c2ccccc21. The van der Waals surface area contributed by atoms with Crippen LogP contribution in [0.25, 0.3) is 22.3 Å². The van der Waals surface area contributed by atoms with Crippen LogP contribution in [0.15, 0.2) is 164 Å². The van der Waals surface area contributed by atoms with Gasteiger partial charge in [-0.05, 0) is 112 Å². The van der Waals surface area contributed by atoms with Crippen LogP contribution in [0.3, 0.4) is 0 Å². The van der Waals surface area contributed by atoms with E-state index < -0.39 is 5.41 Å². The van der Waals surface area contributed by atoms with Crippen LogP contribution in [0.2, 0.25) is 0 Å². The molecule has 0 atom stereocenters. The molecule has 0 N–H and O–H groups in total. The molecule has 1 aliphatic carbocycles. The molecule has 2 heteroatoms. The first-order chi connectivity index (χ1) is 26.6. The van der Waals surface area contributed by atoms with E-state index in [9.17, 15) is 4.79 Å². The van der Waals surface area contributed by atoms with Gasteiger partial charge in [-0.15, -0.1) is 0 Å². The van der Waals surface area contributed by atoms with Crippen molar-refractivity contribution in [1.29, 1.82) is 0 Å². The molecule has 0 aromatic heterocycles. The smallest absolute Gasteiger partial charge is 0.193 e. The van der Waals surface area contributed by atoms with Crippen LogP contribution in [0.4, 0.5) is 17.1 Å². The third-order valence-electron chi connectivity index (χ3n) is 11.6. The minimum absolute atomic E-state index is 0.121. The lowest BCUT2D eigenvalue weighted by molar-refractivity contribution is 0.103. The first-order valence-electron chi connectivity index (χ1n) is 19.7. The number of para-hydroxylation sites is 2. The van der Waals surface area contributed by atoms with Gasteiger partial charge in [0.15, 0.2) is 5.78 Å². The van der Waals surface area contributed by atoms with Crippen LogP contribution in [0, 0.1) is 0 Å². The normalized spacial score (nSPS) is 13.6. The average Bonchev–Trinajstić information content (AvgIpc) is 3.24. The minimum atomic E-state index is -0.688. The van der Waals surface area contributed by atoms with E-state index in [1.807, 2.05) is 0 Å². The van der Waals surface area contributed by atoms with Crippen LogP contribution in [0.5, 0.6) is 0 Å². The Bertz CT molecular complexity index is 2330. The van der Waals surface area contributed by atoms with E-state index in [-0.39, 0.29) is 5.78 Å². The summed E-state index contributed by atoms with van der Waals surface area (Å²) in [6.07, 6.45) is 6.44. The van der Waals surface area contributed by atoms with Crippen molar-refractivity contribution in [2.24, 2.45) is 0 Å². The van der Waals surface area contributed by atoms with E-state index in [1.54, 1.807) is 0 Å². The molecule has 264 valence electrons. The second-order valence-corrected chi connectivity index (χ2v) is 14.9. The quantitative estimate of drug-likeness (QED) is 0.149. The van der Waals surface area contributed by atoms with E-state index >= 15 is 0 Å². The fourth-order valence-electron chi connectivity index (χ4n) is 9.00. The Morgan fingerprint density at radius 1 is 0.444 bits per heavy atom. The fraction of sp³-hybridized carbons (Fsp3) is 0.173. The average molecular weight is 700 g/mol. The lowest BCUT2D eigenvalue weighted by Crippen LogP contribution is -2.42. The van der Waals surface area contributed by atoms with Crippen LogP contribution >= 0.6 is 0 Å². The van der Waals surface area contributed by atoms with E-state index in [2.05, 4.69) is 183 Å². The maximum absolute atomic E-state index is 14.6. The highest BCUT2D eigenvalue weighted by atomic mass is 16.1. The Balaban J connectivity index is 1.36. The first-order valence-corrected chi connectivity index (χ1v) is 19.7. The van der Waals surface area contributed by atoms with Gasteiger partial charge in [-0.1, -0.05) is 160 Å². The summed E-state index contributed by atoms with van der Waals surface area (Å²) in [6.45, 7) is 4.49. The predicted octanol–water partition coefficient (Wildman–Crippen LogP) is 13.4. The van der Waals surface area contributed by atoms with Gasteiger partial charge >= 0.3 is 0 Å². The summed E-state index contributed by atoms with van der Waals surface area (Å²) in [4.78, 5) is 17.1. The Labute approximate surface area is 319 Å². The van der Waals surface area contributed by atoms with Gasteiger partial charge in [0.05, 0.1) is 16.8 Å². The molecule has 1 heterocycles. The summed E-state index contributed by atoms with van der Waals surface area (Å²) in [5.74, 6) is 0.121. The maximum atomic E-state index is 14.6. The molecule has 0 fully saturated rings. The molecule has 2 nitrogen and oxygen atoms in total. The zero-order chi connectivity index (χ0) is 36.6. The molecule has 2 aliphatic rings. The van der Waals surface area contributed by atoms with Crippen LogP contribution in [-0.4, -0.2) is 5.78 Å². The number of unbranched alkanes of at least 4 members (excludes halogenated alkanes) is 2. The van der Waals surface area contributed by atoms with E-state index in [0.29, 0.717) is 0 Å². The number of benzene rings is 7. The standard InChI is InChI=1S/C52H45NO/c1-3-5-17-36-27-29-43-47(31-36)52(48-32-37(18-6-4-2)28-30-44(48)51(43)54)45-23-13-15-25-49(45)53(50-26-16-14-24-46(50)52)42-34-40(38-19-9-7-10-20-38)33-41(35-42)39-21-11-8-12-22-39/h7-16,19-35H,3-6,17-18H2,1-2H3. The third kappa shape index (κ3) is 5.51. The zero-order valence-corrected chi connectivity index (χ0v) is 31.2. The highest BCUT2D eigenvalue weighted by molar-refractivity contribution is 6.15. The molecule has 1 spiro atoms. The maximum Gasteiger partial charge on any atom is 0.193 e. The number of fused-ring (bicyclic) bond motifs is 8. The molecular weight excluding hydrogens is 655 g/mol. The Morgan fingerprint density at radius 3 is 1.35 bits per heavy atom. The summed E-state index contributed by atoms with van der Waals surface area (Å²) < 4.78 is 0. The van der Waals surface area contributed by atoms with Gasteiger partial charge in [-0.25, -0.2) is 0 Å². The number of carbonyl (C=O) groups is 1. The molecule has 0 bridgehead atoms. The molecular formula is C52H45NO. The molecule has 7 aromatic rings. The molecule has 54 heavy (non-hydrogen) atoms. The van der Waals surface area contributed by atoms with Crippen molar-refractivity contribution in [3.8, 4) is 22.3 Å². The third-order valence-corrected chi connectivity index (χ3v) is 11.6. The van der Waals surface area contributed by atoms with Gasteiger partial charge in [-0.2, -0.15) is 0 Å². The summed E-state index contributed by atoms with van der Waals surface area (Å²) in [5.41, 5.74) is 16.2. The number of aryl methyl sites for hydroxylation is 2. The molecule has 0 saturated heterocycles. The zero-order valence-electron chi connectivity index (χ0n) is 31.2. The molecule has 0 amide bonds. The van der Waals surface area contributed by atoms with Crippen molar-refractivity contribution in [3.05, 3.63) is 208 Å². The minimum Gasteiger partial charge on any atom is -0.310 e. The number of hydrogen-bond acceptors (Lipinski definition) is 2. The summed E-state index contributed by atoms with van der Waals surface area (Å²) >= 11 is 0. The highest BCUT2D eigenvalue weighted by Crippen LogP contribution is 2.60. The fourth-order valence-corrected chi connectivity index (χ4v) is 9.00. The second kappa shape index (κ2) is 14.1. The lowest BCUT2D eigenvalue weighted by atomic mass is 9.57. The lowest BCUT2D eigenvalue weighted by Gasteiger charge is -2.49. The summed E-state index contributed by atoms with van der Waals surface area (Å²) in [6, 6.07) is 59.6. The number of carbonyl (C=O) groups excluding carboxylic acids is 1. The predicted molar refractivity (Wildman–Crippen MR) is 225 cm³/mol. The molecule has 0 unspecified atom stereocenters. The Kier molecular flexibility index (Phi) is 8.83. The van der Waals surface area contributed by atoms with Crippen molar-refractivity contribution in [1.82, 2.24) is 0 Å². The second-order valence-electron chi connectivity index (χ2n) is 14.9. The number of ketones is 1. The number of rotatable bonds is 9. The topological polar surface area (TPSA) is 20.3 Å². The number of hydrogen-bond donors (Lipinski definition) is 0. The Hall–Kier alpha value is -5.99. The molecule has 9 rings (SSSR count). The highest BCUT2D eigenvalue weighted by Gasteiger charge is 2.52.